The third-order valence-corrected chi connectivity index (χ3v) is 2.35. The minimum atomic E-state index is -0.593. The first-order valence-electron chi connectivity index (χ1n) is 5.37. The highest BCUT2D eigenvalue weighted by molar-refractivity contribution is 5.96. The van der Waals surface area contributed by atoms with E-state index in [0.29, 0.717) is 17.9 Å². The number of ether oxygens (including phenoxy) is 2. The summed E-state index contributed by atoms with van der Waals surface area (Å²) in [4.78, 5) is 11.2. The van der Waals surface area contributed by atoms with Gasteiger partial charge in [-0.15, -0.1) is 0 Å². The Labute approximate surface area is 100 Å². The summed E-state index contributed by atoms with van der Waals surface area (Å²) in [5.74, 6) is 0.290. The maximum atomic E-state index is 11.2. The third-order valence-electron chi connectivity index (χ3n) is 2.35. The van der Waals surface area contributed by atoms with Gasteiger partial charge in [0.2, 0.25) is 0 Å². The molecule has 0 aliphatic heterocycles. The van der Waals surface area contributed by atoms with E-state index in [1.165, 1.54) is 13.2 Å². The Morgan fingerprint density at radius 3 is 2.76 bits per heavy atom. The average Bonchev–Trinajstić information content (AvgIpc) is 2.35. The van der Waals surface area contributed by atoms with Crippen molar-refractivity contribution in [3.8, 4) is 11.5 Å². The number of primary amides is 1. The Balaban J connectivity index is 2.87. The van der Waals surface area contributed by atoms with E-state index in [-0.39, 0.29) is 12.2 Å². The predicted molar refractivity (Wildman–Crippen MR) is 63.3 cm³/mol. The van der Waals surface area contributed by atoms with Crippen molar-refractivity contribution in [2.75, 3.05) is 13.7 Å². The molecule has 0 spiro atoms. The number of carbonyl (C=O) groups is 1. The lowest BCUT2D eigenvalue weighted by Gasteiger charge is -2.13. The number of amides is 1. The van der Waals surface area contributed by atoms with Gasteiger partial charge >= 0.3 is 0 Å². The molecule has 0 saturated carbocycles. The van der Waals surface area contributed by atoms with E-state index in [1.54, 1.807) is 12.1 Å². The van der Waals surface area contributed by atoms with Crippen molar-refractivity contribution in [3.05, 3.63) is 23.8 Å². The van der Waals surface area contributed by atoms with Crippen LogP contribution in [0.4, 0.5) is 0 Å². The fraction of sp³-hybridized carbons (Fsp3) is 0.417. The molecule has 0 unspecified atom stereocenters. The quantitative estimate of drug-likeness (QED) is 0.774. The Bertz CT molecular complexity index is 392. The van der Waals surface area contributed by atoms with Crippen molar-refractivity contribution in [1.29, 1.82) is 0 Å². The summed E-state index contributed by atoms with van der Waals surface area (Å²) >= 11 is 0. The molecule has 5 heteroatoms. The maximum Gasteiger partial charge on any atom is 0.252 e. The van der Waals surface area contributed by atoms with Crippen LogP contribution in [-0.4, -0.2) is 30.8 Å². The number of rotatable bonds is 6. The summed E-state index contributed by atoms with van der Waals surface area (Å²) in [6, 6.07) is 4.78. The summed E-state index contributed by atoms with van der Waals surface area (Å²) in [5.41, 5.74) is 5.48. The first-order valence-corrected chi connectivity index (χ1v) is 5.37. The molecule has 5 nitrogen and oxygen atoms in total. The molecule has 1 aromatic rings. The highest BCUT2D eigenvalue weighted by Gasteiger charge is 2.12. The molecule has 0 radical (unpaired) electrons. The summed E-state index contributed by atoms with van der Waals surface area (Å²) in [7, 11) is 1.50. The average molecular weight is 239 g/mol. The van der Waals surface area contributed by atoms with Gasteiger partial charge in [0.25, 0.3) is 5.91 Å². The van der Waals surface area contributed by atoms with E-state index < -0.39 is 12.0 Å². The van der Waals surface area contributed by atoms with Crippen LogP contribution in [0.2, 0.25) is 0 Å². The van der Waals surface area contributed by atoms with Gasteiger partial charge in [-0.2, -0.15) is 0 Å². The second kappa shape index (κ2) is 6.10. The van der Waals surface area contributed by atoms with E-state index in [4.69, 9.17) is 15.2 Å². The zero-order valence-electron chi connectivity index (χ0n) is 9.97. The molecular weight excluding hydrogens is 222 g/mol. The summed E-state index contributed by atoms with van der Waals surface area (Å²) < 4.78 is 10.3. The second-order valence-corrected chi connectivity index (χ2v) is 3.60. The predicted octanol–water partition coefficient (Wildman–Crippen LogP) is 0.944. The van der Waals surface area contributed by atoms with Gasteiger partial charge in [-0.25, -0.2) is 0 Å². The van der Waals surface area contributed by atoms with Crippen molar-refractivity contribution in [2.45, 2.75) is 19.4 Å². The van der Waals surface area contributed by atoms with Crippen LogP contribution in [0.25, 0.3) is 0 Å². The van der Waals surface area contributed by atoms with Crippen LogP contribution in [0, 0.1) is 0 Å². The smallest absolute Gasteiger partial charge is 0.252 e. The number of benzene rings is 1. The van der Waals surface area contributed by atoms with Gasteiger partial charge in [0.05, 0.1) is 18.8 Å². The Morgan fingerprint density at radius 1 is 1.53 bits per heavy atom. The van der Waals surface area contributed by atoms with Crippen molar-refractivity contribution >= 4 is 5.91 Å². The van der Waals surface area contributed by atoms with Crippen molar-refractivity contribution in [3.63, 3.8) is 0 Å². The Kier molecular flexibility index (Phi) is 4.78. The SMILES string of the molecule is CC[C@@H](O)COc1ccc(OC)cc1C(N)=O. The lowest BCUT2D eigenvalue weighted by Crippen LogP contribution is -2.19. The molecule has 3 N–H and O–H groups in total. The normalized spacial score (nSPS) is 11.9. The maximum absolute atomic E-state index is 11.2. The fourth-order valence-corrected chi connectivity index (χ4v) is 1.26. The summed E-state index contributed by atoms with van der Waals surface area (Å²) in [6.45, 7) is 1.97. The van der Waals surface area contributed by atoms with Gasteiger partial charge in [0.1, 0.15) is 18.1 Å². The number of hydrogen-bond acceptors (Lipinski definition) is 4. The highest BCUT2D eigenvalue weighted by Crippen LogP contribution is 2.24. The number of methoxy groups -OCH3 is 1. The van der Waals surface area contributed by atoms with Gasteiger partial charge in [0.15, 0.2) is 0 Å². The van der Waals surface area contributed by atoms with E-state index in [2.05, 4.69) is 0 Å². The summed E-state index contributed by atoms with van der Waals surface area (Å²) in [6.07, 6.45) is 0.0278. The van der Waals surface area contributed by atoms with Gasteiger partial charge in [0, 0.05) is 0 Å². The van der Waals surface area contributed by atoms with Crippen LogP contribution in [0.3, 0.4) is 0 Å². The molecule has 17 heavy (non-hydrogen) atoms. The molecule has 0 bridgehead atoms. The number of carbonyl (C=O) groups excluding carboxylic acids is 1. The van der Waals surface area contributed by atoms with E-state index in [9.17, 15) is 9.90 Å². The molecule has 0 fully saturated rings. The molecule has 0 heterocycles. The Morgan fingerprint density at radius 2 is 2.24 bits per heavy atom. The highest BCUT2D eigenvalue weighted by atomic mass is 16.5. The molecule has 1 atom stereocenters. The topological polar surface area (TPSA) is 81.8 Å². The number of nitrogens with two attached hydrogens (primary N) is 1. The molecule has 0 aliphatic rings. The van der Waals surface area contributed by atoms with Crippen LogP contribution in [-0.2, 0) is 0 Å². The van der Waals surface area contributed by atoms with Crippen LogP contribution in [0.1, 0.15) is 23.7 Å². The fourth-order valence-electron chi connectivity index (χ4n) is 1.26. The van der Waals surface area contributed by atoms with Crippen molar-refractivity contribution in [1.82, 2.24) is 0 Å². The minimum absolute atomic E-state index is 0.128. The van der Waals surface area contributed by atoms with Crippen molar-refractivity contribution < 1.29 is 19.4 Å². The third kappa shape index (κ3) is 3.64. The molecule has 1 amide bonds. The van der Waals surface area contributed by atoms with E-state index >= 15 is 0 Å². The Hall–Kier alpha value is -1.75. The van der Waals surface area contributed by atoms with Crippen molar-refractivity contribution in [2.24, 2.45) is 5.73 Å². The number of hydrogen-bond donors (Lipinski definition) is 2. The number of aliphatic hydroxyl groups excluding tert-OH is 1. The first-order chi connectivity index (χ1) is 8.08. The second-order valence-electron chi connectivity index (χ2n) is 3.60. The van der Waals surface area contributed by atoms with Gasteiger partial charge < -0.3 is 20.3 Å². The number of aliphatic hydroxyl groups is 1. The first kappa shape index (κ1) is 13.3. The zero-order valence-corrected chi connectivity index (χ0v) is 9.97. The van der Waals surface area contributed by atoms with Gasteiger partial charge in [-0.1, -0.05) is 6.92 Å². The summed E-state index contributed by atoms with van der Waals surface area (Å²) in [5, 5.41) is 9.38. The van der Waals surface area contributed by atoms with Crippen LogP contribution in [0.5, 0.6) is 11.5 Å². The minimum Gasteiger partial charge on any atom is -0.497 e. The lowest BCUT2D eigenvalue weighted by molar-refractivity contribution is 0.0957. The standard InChI is InChI=1S/C12H17NO4/c1-3-8(14)7-17-11-5-4-9(16-2)6-10(11)12(13)15/h4-6,8,14H,3,7H2,1-2H3,(H2,13,15)/t8-/m1/s1. The van der Waals surface area contributed by atoms with Crippen LogP contribution in [0.15, 0.2) is 18.2 Å². The molecule has 1 rings (SSSR count). The molecule has 0 aliphatic carbocycles. The van der Waals surface area contributed by atoms with Gasteiger partial charge in [-0.05, 0) is 24.6 Å². The monoisotopic (exact) mass is 239 g/mol. The van der Waals surface area contributed by atoms with Crippen LogP contribution < -0.4 is 15.2 Å². The molecule has 1 aromatic carbocycles. The van der Waals surface area contributed by atoms with Crippen LogP contribution >= 0.6 is 0 Å². The zero-order chi connectivity index (χ0) is 12.8. The van der Waals surface area contributed by atoms with Gasteiger partial charge in [-0.3, -0.25) is 4.79 Å². The van der Waals surface area contributed by atoms with E-state index in [1.807, 2.05) is 6.92 Å². The molecule has 0 saturated heterocycles. The lowest BCUT2D eigenvalue weighted by atomic mass is 10.2. The molecule has 0 aromatic heterocycles. The largest absolute Gasteiger partial charge is 0.497 e. The van der Waals surface area contributed by atoms with E-state index in [0.717, 1.165) is 0 Å². The molecule has 94 valence electrons. The molecular formula is C12H17NO4.